The van der Waals surface area contributed by atoms with E-state index in [0.29, 0.717) is 12.0 Å². The highest BCUT2D eigenvalue weighted by Gasteiger charge is 2.71. The summed E-state index contributed by atoms with van der Waals surface area (Å²) in [4.78, 5) is 36.2. The number of Topliss-reactive ketones (excluding diaryl/α,β-unsaturated/α-hetero) is 1. The maximum atomic E-state index is 15.4. The molecule has 0 aliphatic heterocycles. The van der Waals surface area contributed by atoms with Gasteiger partial charge < -0.3 is 14.9 Å². The fourth-order valence-electron chi connectivity index (χ4n) is 7.54. The highest BCUT2D eigenvalue weighted by Crippen LogP contribution is 2.68. The fraction of sp³-hybridized carbons (Fsp3) is 0.708. The topological polar surface area (TPSA) is 101 Å². The summed E-state index contributed by atoms with van der Waals surface area (Å²) >= 11 is 0. The second-order valence-corrected chi connectivity index (χ2v) is 10.4. The molecule has 4 aliphatic carbocycles. The van der Waals surface area contributed by atoms with Crippen LogP contribution in [0.2, 0.25) is 0 Å². The largest absolute Gasteiger partial charge is 0.458 e. The van der Waals surface area contributed by atoms with Gasteiger partial charge in [-0.2, -0.15) is 0 Å². The van der Waals surface area contributed by atoms with Gasteiger partial charge in [-0.25, -0.2) is 4.39 Å². The Bertz CT molecular complexity index is 895. The summed E-state index contributed by atoms with van der Waals surface area (Å²) in [6, 6.07) is 0. The van der Waals surface area contributed by atoms with Gasteiger partial charge in [-0.05, 0) is 54.7 Å². The van der Waals surface area contributed by atoms with E-state index in [1.807, 2.05) is 6.92 Å². The van der Waals surface area contributed by atoms with Crippen molar-refractivity contribution in [2.24, 2.45) is 34.5 Å². The molecule has 4 rings (SSSR count). The number of ketones is 2. The van der Waals surface area contributed by atoms with Crippen LogP contribution in [0.4, 0.5) is 4.39 Å². The molecule has 2 N–H and O–H groups in total. The van der Waals surface area contributed by atoms with Gasteiger partial charge in [0.1, 0.15) is 11.8 Å². The lowest BCUT2D eigenvalue weighted by Gasteiger charge is -2.60. The maximum absolute atomic E-state index is 15.4. The van der Waals surface area contributed by atoms with E-state index in [2.05, 4.69) is 0 Å². The van der Waals surface area contributed by atoms with Gasteiger partial charge in [0.25, 0.3) is 0 Å². The number of halogens is 1. The van der Waals surface area contributed by atoms with E-state index >= 15 is 4.39 Å². The highest BCUT2D eigenvalue weighted by molar-refractivity contribution is 6.01. The molecule has 0 amide bonds. The van der Waals surface area contributed by atoms with Crippen molar-refractivity contribution in [1.29, 1.82) is 0 Å². The van der Waals surface area contributed by atoms with Gasteiger partial charge in [-0.3, -0.25) is 14.4 Å². The number of hydrogen-bond donors (Lipinski definition) is 2. The van der Waals surface area contributed by atoms with Crippen molar-refractivity contribution in [3.05, 3.63) is 23.8 Å². The third-order valence-corrected chi connectivity index (χ3v) is 8.89. The van der Waals surface area contributed by atoms with Crippen molar-refractivity contribution in [2.45, 2.75) is 64.8 Å². The molecule has 0 saturated heterocycles. The molecule has 6 nitrogen and oxygen atoms in total. The van der Waals surface area contributed by atoms with Crippen LogP contribution >= 0.6 is 0 Å². The molecule has 9 atom stereocenters. The molecular weight excluding hydrogens is 403 g/mol. The summed E-state index contributed by atoms with van der Waals surface area (Å²) in [5, 5.41) is 23.0. The zero-order chi connectivity index (χ0) is 22.9. The van der Waals surface area contributed by atoms with E-state index in [0.717, 1.165) is 0 Å². The van der Waals surface area contributed by atoms with Crippen LogP contribution < -0.4 is 0 Å². The Kier molecular flexibility index (Phi) is 5.10. The van der Waals surface area contributed by atoms with Gasteiger partial charge >= 0.3 is 5.97 Å². The number of carbonyl (C=O) groups is 3. The van der Waals surface area contributed by atoms with Gasteiger partial charge in [-0.15, -0.1) is 0 Å². The first-order valence-electron chi connectivity index (χ1n) is 11.0. The fourth-order valence-corrected chi connectivity index (χ4v) is 7.54. The number of allylic oxidation sites excluding steroid dienone is 4. The number of hydrogen-bond acceptors (Lipinski definition) is 6. The van der Waals surface area contributed by atoms with E-state index in [1.165, 1.54) is 19.1 Å². The molecule has 0 spiro atoms. The first-order valence-corrected chi connectivity index (χ1v) is 11.0. The minimum absolute atomic E-state index is 0.144. The zero-order valence-electron chi connectivity index (χ0n) is 18.4. The zero-order valence-corrected chi connectivity index (χ0v) is 18.4. The Labute approximate surface area is 181 Å². The lowest BCUT2D eigenvalue weighted by Crippen LogP contribution is -2.63. The standard InChI is InChI=1S/C24H31FO6/c1-12-7-16-15-9-18(25)17-8-14(27)5-6-22(17,3)21(15)19(28)10-23(16,4)24(12,30)20(29)11-31-13(2)26/h5-6,8,12,15-16,18-19,21,28,30H,7,9-11H2,1-4H3/t12-,15+,16+,18+,19+,21-,22?,23+,24+/m1/s1. The van der Waals surface area contributed by atoms with Crippen molar-refractivity contribution in [2.75, 3.05) is 6.61 Å². The molecule has 4 aliphatic rings. The number of esters is 1. The Hall–Kier alpha value is -1.86. The molecule has 0 heterocycles. The minimum Gasteiger partial charge on any atom is -0.458 e. The maximum Gasteiger partial charge on any atom is 0.303 e. The third kappa shape index (κ3) is 2.92. The average molecular weight is 435 g/mol. The Morgan fingerprint density at radius 1 is 1.29 bits per heavy atom. The molecule has 0 bridgehead atoms. The van der Waals surface area contributed by atoms with Gasteiger partial charge in [0.15, 0.2) is 12.4 Å². The molecule has 3 saturated carbocycles. The lowest BCUT2D eigenvalue weighted by molar-refractivity contribution is -0.187. The molecule has 1 unspecified atom stereocenters. The number of aliphatic hydroxyl groups is 2. The van der Waals surface area contributed by atoms with Crippen LogP contribution in [-0.2, 0) is 19.1 Å². The summed E-state index contributed by atoms with van der Waals surface area (Å²) < 4.78 is 20.2. The van der Waals surface area contributed by atoms with E-state index in [9.17, 15) is 24.6 Å². The normalized spacial score (nSPS) is 48.4. The summed E-state index contributed by atoms with van der Waals surface area (Å²) in [5.74, 6) is -2.62. The van der Waals surface area contributed by atoms with E-state index in [1.54, 1.807) is 19.9 Å². The van der Waals surface area contributed by atoms with Crippen LogP contribution in [0.25, 0.3) is 0 Å². The van der Waals surface area contributed by atoms with E-state index in [-0.39, 0.29) is 36.4 Å². The van der Waals surface area contributed by atoms with Crippen molar-refractivity contribution in [1.82, 2.24) is 0 Å². The number of alkyl halides is 1. The second kappa shape index (κ2) is 7.07. The smallest absolute Gasteiger partial charge is 0.303 e. The highest BCUT2D eigenvalue weighted by atomic mass is 19.1. The molecule has 0 radical (unpaired) electrons. The summed E-state index contributed by atoms with van der Waals surface area (Å²) in [6.45, 7) is 6.13. The van der Waals surface area contributed by atoms with Crippen LogP contribution in [0.1, 0.15) is 47.0 Å². The molecular formula is C24H31FO6. The lowest BCUT2D eigenvalue weighted by atomic mass is 9.46. The molecule has 0 aromatic carbocycles. The van der Waals surface area contributed by atoms with Crippen LogP contribution in [0.15, 0.2) is 23.8 Å². The quantitative estimate of drug-likeness (QED) is 0.661. The first-order chi connectivity index (χ1) is 14.4. The number of fused-ring (bicyclic) bond motifs is 5. The summed E-state index contributed by atoms with van der Waals surface area (Å²) in [5.41, 5.74) is -3.13. The van der Waals surface area contributed by atoms with Crippen LogP contribution in [0.5, 0.6) is 0 Å². The van der Waals surface area contributed by atoms with Gasteiger partial charge in [0.2, 0.25) is 5.78 Å². The van der Waals surface area contributed by atoms with Gasteiger partial charge in [0.05, 0.1) is 6.10 Å². The number of rotatable bonds is 3. The van der Waals surface area contributed by atoms with Gasteiger partial charge in [-0.1, -0.05) is 26.8 Å². The number of carbonyl (C=O) groups excluding carboxylic acids is 3. The van der Waals surface area contributed by atoms with Crippen LogP contribution in [-0.4, -0.2) is 52.2 Å². The van der Waals surface area contributed by atoms with Crippen LogP contribution in [0, 0.1) is 34.5 Å². The molecule has 7 heteroatoms. The van der Waals surface area contributed by atoms with Crippen molar-refractivity contribution in [3.8, 4) is 0 Å². The molecule has 0 aromatic heterocycles. The number of aliphatic hydroxyl groups excluding tert-OH is 1. The van der Waals surface area contributed by atoms with Crippen molar-refractivity contribution in [3.63, 3.8) is 0 Å². The third-order valence-electron chi connectivity index (χ3n) is 8.89. The predicted molar refractivity (Wildman–Crippen MR) is 109 cm³/mol. The molecule has 3 fully saturated rings. The van der Waals surface area contributed by atoms with Crippen LogP contribution in [0.3, 0.4) is 0 Å². The number of ether oxygens (including phenoxy) is 1. The molecule has 170 valence electrons. The Morgan fingerprint density at radius 2 is 1.97 bits per heavy atom. The predicted octanol–water partition coefficient (Wildman–Crippen LogP) is 2.32. The monoisotopic (exact) mass is 434 g/mol. The summed E-state index contributed by atoms with van der Waals surface area (Å²) in [7, 11) is 0. The van der Waals surface area contributed by atoms with E-state index in [4.69, 9.17) is 4.74 Å². The van der Waals surface area contributed by atoms with Crippen molar-refractivity contribution >= 4 is 17.5 Å². The van der Waals surface area contributed by atoms with Crippen molar-refractivity contribution < 1.29 is 33.7 Å². The summed E-state index contributed by atoms with van der Waals surface area (Å²) in [6.07, 6.45) is 3.14. The van der Waals surface area contributed by atoms with E-state index < -0.39 is 53.0 Å². The Balaban J connectivity index is 1.74. The minimum atomic E-state index is -1.78. The second-order valence-electron chi connectivity index (χ2n) is 10.4. The molecule has 0 aromatic rings. The Morgan fingerprint density at radius 3 is 2.61 bits per heavy atom. The van der Waals surface area contributed by atoms with Gasteiger partial charge in [0, 0.05) is 23.7 Å². The molecule has 31 heavy (non-hydrogen) atoms. The average Bonchev–Trinajstić information content (AvgIpc) is 2.88. The first kappa shape index (κ1) is 22.3. The SMILES string of the molecule is CC(=O)OCC(=O)[C@@]1(O)[C@H](C)C[C@H]2[C@@H]3C[C@H](F)C4=CC(=O)C=CC4(C)[C@H]3[C@@H](O)C[C@@]21C.